The van der Waals surface area contributed by atoms with Crippen molar-refractivity contribution < 1.29 is 4.79 Å². The number of likely N-dealkylation sites (tertiary alicyclic amines) is 1. The van der Waals surface area contributed by atoms with Crippen molar-refractivity contribution in [2.24, 2.45) is 12.5 Å². The van der Waals surface area contributed by atoms with Gasteiger partial charge in [0.15, 0.2) is 0 Å². The molecule has 1 fully saturated rings. The van der Waals surface area contributed by atoms with E-state index < -0.39 is 0 Å². The topological polar surface area (TPSA) is 50.2 Å². The van der Waals surface area contributed by atoms with Crippen LogP contribution < -0.4 is 5.32 Å². The Balaban J connectivity index is 1.53. The van der Waals surface area contributed by atoms with Crippen LogP contribution in [-0.4, -0.2) is 33.7 Å². The highest BCUT2D eigenvalue weighted by atomic mass is 16.2. The van der Waals surface area contributed by atoms with Gasteiger partial charge in [0.05, 0.1) is 12.2 Å². The summed E-state index contributed by atoms with van der Waals surface area (Å²) in [6, 6.07) is 10.5. The number of hydrogen-bond acceptors (Lipinski definition) is 3. The van der Waals surface area contributed by atoms with E-state index >= 15 is 0 Å². The van der Waals surface area contributed by atoms with Gasteiger partial charge >= 0.3 is 0 Å². The molecule has 1 aromatic heterocycles. The summed E-state index contributed by atoms with van der Waals surface area (Å²) in [6.45, 7) is 6.99. The first kappa shape index (κ1) is 17.7. The molecule has 1 N–H and O–H groups in total. The molecule has 1 saturated heterocycles. The van der Waals surface area contributed by atoms with E-state index in [0.29, 0.717) is 0 Å². The smallest absolute Gasteiger partial charge is 0.226 e. The van der Waals surface area contributed by atoms with E-state index in [1.807, 2.05) is 32.4 Å². The normalized spacial score (nSPS) is 18.7. The van der Waals surface area contributed by atoms with Crippen molar-refractivity contribution in [1.29, 1.82) is 0 Å². The van der Waals surface area contributed by atoms with E-state index in [1.54, 1.807) is 4.68 Å². The van der Waals surface area contributed by atoms with Gasteiger partial charge in [-0.15, -0.1) is 0 Å². The molecular weight excluding hydrogens is 312 g/mol. The fraction of sp³-hybridized carbons (Fsp3) is 0.500. The lowest BCUT2D eigenvalue weighted by molar-refractivity contribution is -0.133. The molecule has 25 heavy (non-hydrogen) atoms. The van der Waals surface area contributed by atoms with Crippen molar-refractivity contribution in [2.45, 2.75) is 39.3 Å². The molecule has 5 heteroatoms. The Morgan fingerprint density at radius 2 is 1.96 bits per heavy atom. The second-order valence-electron chi connectivity index (χ2n) is 7.46. The SMILES string of the molecule is C[C@@H](NC(=O)C1(C)CCN(Cc2ccccc2)CC1)c1cnn(C)c1. The van der Waals surface area contributed by atoms with Crippen molar-refractivity contribution in [2.75, 3.05) is 13.1 Å². The van der Waals surface area contributed by atoms with Gasteiger partial charge in [0.1, 0.15) is 0 Å². The number of nitrogens with one attached hydrogen (secondary N) is 1. The molecule has 1 aromatic carbocycles. The second kappa shape index (κ2) is 7.40. The molecule has 1 atom stereocenters. The van der Waals surface area contributed by atoms with Gasteiger partial charge in [-0.05, 0) is 38.4 Å². The maximum atomic E-state index is 12.8. The number of piperidine rings is 1. The predicted molar refractivity (Wildman–Crippen MR) is 98.8 cm³/mol. The third-order valence-corrected chi connectivity index (χ3v) is 5.33. The van der Waals surface area contributed by atoms with Crippen LogP contribution in [0.3, 0.4) is 0 Å². The molecule has 0 unspecified atom stereocenters. The van der Waals surface area contributed by atoms with Gasteiger partial charge < -0.3 is 5.32 Å². The van der Waals surface area contributed by atoms with E-state index in [9.17, 15) is 4.79 Å². The molecule has 1 aliphatic rings. The van der Waals surface area contributed by atoms with Crippen LogP contribution >= 0.6 is 0 Å². The Hall–Kier alpha value is -2.14. The number of carbonyl (C=O) groups excluding carboxylic acids is 1. The van der Waals surface area contributed by atoms with Crippen molar-refractivity contribution >= 4 is 5.91 Å². The number of aromatic nitrogens is 2. The highest BCUT2D eigenvalue weighted by Gasteiger charge is 2.37. The minimum atomic E-state index is -0.288. The number of carbonyl (C=O) groups is 1. The molecule has 2 aromatic rings. The number of benzene rings is 1. The van der Waals surface area contributed by atoms with Crippen LogP contribution in [0.1, 0.15) is 43.9 Å². The summed E-state index contributed by atoms with van der Waals surface area (Å²) in [5.41, 5.74) is 2.09. The van der Waals surface area contributed by atoms with E-state index in [0.717, 1.165) is 38.0 Å². The quantitative estimate of drug-likeness (QED) is 0.910. The largest absolute Gasteiger partial charge is 0.349 e. The van der Waals surface area contributed by atoms with Gasteiger partial charge in [-0.3, -0.25) is 14.4 Å². The highest BCUT2D eigenvalue weighted by molar-refractivity contribution is 5.82. The fourth-order valence-corrected chi connectivity index (χ4v) is 3.39. The van der Waals surface area contributed by atoms with Gasteiger partial charge in [0.25, 0.3) is 0 Å². The maximum absolute atomic E-state index is 12.8. The van der Waals surface area contributed by atoms with Crippen LogP contribution in [0.2, 0.25) is 0 Å². The zero-order chi connectivity index (χ0) is 17.9. The Morgan fingerprint density at radius 1 is 1.28 bits per heavy atom. The minimum Gasteiger partial charge on any atom is -0.349 e. The average Bonchev–Trinajstić information content (AvgIpc) is 3.04. The molecule has 0 aliphatic carbocycles. The van der Waals surface area contributed by atoms with Crippen molar-refractivity contribution in [1.82, 2.24) is 20.0 Å². The second-order valence-corrected chi connectivity index (χ2v) is 7.46. The standard InChI is InChI=1S/C20H28N4O/c1-16(18-13-21-23(3)15-18)22-19(25)20(2)9-11-24(12-10-20)14-17-7-5-4-6-8-17/h4-8,13,15-16H,9-12,14H2,1-3H3,(H,22,25)/t16-/m1/s1. The monoisotopic (exact) mass is 340 g/mol. The van der Waals surface area contributed by atoms with E-state index in [-0.39, 0.29) is 17.4 Å². The van der Waals surface area contributed by atoms with E-state index in [2.05, 4.69) is 46.5 Å². The first-order chi connectivity index (χ1) is 12.0. The Bertz CT molecular complexity index is 701. The van der Waals surface area contributed by atoms with Gasteiger partial charge in [-0.25, -0.2) is 0 Å². The van der Waals surface area contributed by atoms with Gasteiger partial charge in [-0.2, -0.15) is 5.10 Å². The van der Waals surface area contributed by atoms with Gasteiger partial charge in [-0.1, -0.05) is 37.3 Å². The number of nitrogens with zero attached hydrogens (tertiary/aromatic N) is 3. The first-order valence-electron chi connectivity index (χ1n) is 9.02. The van der Waals surface area contributed by atoms with E-state index in [4.69, 9.17) is 0 Å². The zero-order valence-electron chi connectivity index (χ0n) is 15.4. The van der Waals surface area contributed by atoms with Crippen LogP contribution in [0.15, 0.2) is 42.7 Å². The summed E-state index contributed by atoms with van der Waals surface area (Å²) in [7, 11) is 1.89. The van der Waals surface area contributed by atoms with Gasteiger partial charge in [0, 0.05) is 30.8 Å². The lowest BCUT2D eigenvalue weighted by atomic mass is 9.79. The third-order valence-electron chi connectivity index (χ3n) is 5.33. The number of hydrogen-bond donors (Lipinski definition) is 1. The van der Waals surface area contributed by atoms with Crippen LogP contribution in [0.4, 0.5) is 0 Å². The Labute approximate surface area is 150 Å². The van der Waals surface area contributed by atoms with Crippen molar-refractivity contribution in [3.63, 3.8) is 0 Å². The van der Waals surface area contributed by atoms with Crippen LogP contribution in [0.5, 0.6) is 0 Å². The zero-order valence-corrected chi connectivity index (χ0v) is 15.4. The third kappa shape index (κ3) is 4.28. The average molecular weight is 340 g/mol. The Morgan fingerprint density at radius 3 is 2.56 bits per heavy atom. The molecule has 1 amide bonds. The molecule has 0 saturated carbocycles. The molecule has 134 valence electrons. The van der Waals surface area contributed by atoms with Crippen LogP contribution in [0.25, 0.3) is 0 Å². The highest BCUT2D eigenvalue weighted by Crippen LogP contribution is 2.32. The fourth-order valence-electron chi connectivity index (χ4n) is 3.39. The summed E-state index contributed by atoms with van der Waals surface area (Å²) in [6.07, 6.45) is 5.56. The number of amides is 1. The number of rotatable bonds is 5. The maximum Gasteiger partial charge on any atom is 0.226 e. The van der Waals surface area contributed by atoms with Crippen molar-refractivity contribution in [3.05, 3.63) is 53.9 Å². The molecule has 0 bridgehead atoms. The summed E-state index contributed by atoms with van der Waals surface area (Å²) in [4.78, 5) is 15.3. The molecule has 5 nitrogen and oxygen atoms in total. The Kier molecular flexibility index (Phi) is 5.23. The van der Waals surface area contributed by atoms with Gasteiger partial charge in [0.2, 0.25) is 5.91 Å². The predicted octanol–water partition coefficient (Wildman–Crippen LogP) is 2.90. The summed E-state index contributed by atoms with van der Waals surface area (Å²) < 4.78 is 1.77. The van der Waals surface area contributed by atoms with Crippen LogP contribution in [-0.2, 0) is 18.4 Å². The molecule has 1 aliphatic heterocycles. The summed E-state index contributed by atoms with van der Waals surface area (Å²) >= 11 is 0. The van der Waals surface area contributed by atoms with E-state index in [1.165, 1.54) is 5.56 Å². The number of aryl methyl sites for hydroxylation is 1. The molecule has 3 rings (SSSR count). The molecular formula is C20H28N4O. The summed E-state index contributed by atoms with van der Waals surface area (Å²) in [5, 5.41) is 7.36. The first-order valence-corrected chi connectivity index (χ1v) is 9.02. The molecule has 0 radical (unpaired) electrons. The lowest BCUT2D eigenvalue weighted by Gasteiger charge is -2.38. The summed E-state index contributed by atoms with van der Waals surface area (Å²) in [5.74, 6) is 0.156. The molecule has 2 heterocycles. The lowest BCUT2D eigenvalue weighted by Crippen LogP contribution is -2.47. The van der Waals surface area contributed by atoms with Crippen molar-refractivity contribution in [3.8, 4) is 0 Å². The minimum absolute atomic E-state index is 0.0135. The molecule has 0 spiro atoms. The van der Waals surface area contributed by atoms with Crippen LogP contribution in [0, 0.1) is 5.41 Å².